The van der Waals surface area contributed by atoms with Gasteiger partial charge < -0.3 is 9.47 Å². The highest BCUT2D eigenvalue weighted by Gasteiger charge is 2.32. The van der Waals surface area contributed by atoms with Gasteiger partial charge in [-0.3, -0.25) is 0 Å². The Hall–Kier alpha value is -2.00. The van der Waals surface area contributed by atoms with Crippen LogP contribution in [0.2, 0.25) is 0 Å². The summed E-state index contributed by atoms with van der Waals surface area (Å²) in [5.41, 5.74) is 1.43. The van der Waals surface area contributed by atoms with Crippen molar-refractivity contribution >= 4 is 27.1 Å². The Labute approximate surface area is 168 Å². The van der Waals surface area contributed by atoms with Crippen molar-refractivity contribution < 1.29 is 22.7 Å². The van der Waals surface area contributed by atoms with Crippen LogP contribution in [0.5, 0.6) is 5.75 Å². The van der Waals surface area contributed by atoms with Gasteiger partial charge in [-0.1, -0.05) is 30.7 Å². The second kappa shape index (κ2) is 7.79. The molecule has 1 unspecified atom stereocenters. The number of aromatic nitrogens is 2. The van der Waals surface area contributed by atoms with E-state index in [1.165, 1.54) is 0 Å². The lowest BCUT2D eigenvalue weighted by Crippen LogP contribution is -2.07. The Morgan fingerprint density at radius 3 is 2.86 bits per heavy atom. The van der Waals surface area contributed by atoms with E-state index in [0.29, 0.717) is 16.3 Å². The molecule has 0 N–H and O–H groups in total. The molecular weight excluding hydrogens is 400 g/mol. The lowest BCUT2D eigenvalue weighted by Gasteiger charge is -2.10. The average molecular weight is 423 g/mol. The molecule has 1 aliphatic heterocycles. The van der Waals surface area contributed by atoms with Crippen LogP contribution in [-0.2, 0) is 21.2 Å². The van der Waals surface area contributed by atoms with Crippen molar-refractivity contribution in [1.29, 1.82) is 0 Å². The van der Waals surface area contributed by atoms with Gasteiger partial charge in [-0.25, -0.2) is 13.2 Å². The number of carbonyl (C=O) groups is 1. The summed E-state index contributed by atoms with van der Waals surface area (Å²) in [6.45, 7) is 2.20. The van der Waals surface area contributed by atoms with Crippen molar-refractivity contribution in [1.82, 2.24) is 10.2 Å². The topological polar surface area (TPSA) is 95.4 Å². The van der Waals surface area contributed by atoms with Crippen LogP contribution >= 0.6 is 11.3 Å². The highest BCUT2D eigenvalue weighted by molar-refractivity contribution is 7.93. The zero-order valence-corrected chi connectivity index (χ0v) is 17.2. The normalized spacial score (nSPS) is 18.8. The van der Waals surface area contributed by atoms with Crippen molar-refractivity contribution in [3.8, 4) is 5.75 Å². The monoisotopic (exact) mass is 422 g/mol. The fourth-order valence-corrected chi connectivity index (χ4v) is 5.92. The van der Waals surface area contributed by atoms with E-state index in [-0.39, 0.29) is 34.7 Å². The number of hydrogen-bond donors (Lipinski definition) is 0. The van der Waals surface area contributed by atoms with E-state index in [2.05, 4.69) is 17.1 Å². The third-order valence-electron chi connectivity index (χ3n) is 4.89. The number of hydrogen-bond acceptors (Lipinski definition) is 8. The minimum atomic E-state index is -3.36. The predicted octanol–water partition coefficient (Wildman–Crippen LogP) is 3.70. The Morgan fingerprint density at radius 1 is 1.29 bits per heavy atom. The van der Waals surface area contributed by atoms with Crippen LogP contribution < -0.4 is 4.74 Å². The highest BCUT2D eigenvalue weighted by atomic mass is 32.2. The van der Waals surface area contributed by atoms with Crippen molar-refractivity contribution in [2.45, 2.75) is 56.1 Å². The Balaban J connectivity index is 1.41. The Bertz CT molecular complexity index is 982. The fraction of sp³-hybridized carbons (Fsp3) is 0.526. The van der Waals surface area contributed by atoms with Gasteiger partial charge in [0.05, 0.1) is 11.3 Å². The molecule has 0 saturated heterocycles. The van der Waals surface area contributed by atoms with E-state index in [1.807, 2.05) is 6.07 Å². The van der Waals surface area contributed by atoms with Crippen molar-refractivity contribution in [2.75, 3.05) is 5.75 Å². The van der Waals surface area contributed by atoms with Gasteiger partial charge in [0.1, 0.15) is 18.5 Å². The molecule has 28 heavy (non-hydrogen) atoms. The maximum Gasteiger partial charge on any atom is 0.339 e. The van der Waals surface area contributed by atoms with Crippen LogP contribution in [0.25, 0.3) is 0 Å². The smallest absolute Gasteiger partial charge is 0.339 e. The lowest BCUT2D eigenvalue weighted by molar-refractivity contribution is 0.0364. The largest absolute Gasteiger partial charge is 0.486 e. The van der Waals surface area contributed by atoms with Gasteiger partial charge in [-0.05, 0) is 43.7 Å². The molecule has 0 amide bonds. The molecule has 1 atom stereocenters. The van der Waals surface area contributed by atoms with E-state index in [0.717, 1.165) is 49.0 Å². The first-order chi connectivity index (χ1) is 13.5. The van der Waals surface area contributed by atoms with Gasteiger partial charge >= 0.3 is 5.97 Å². The first-order valence-electron chi connectivity index (χ1n) is 9.49. The summed E-state index contributed by atoms with van der Waals surface area (Å²) in [4.78, 5) is 12.1. The summed E-state index contributed by atoms with van der Waals surface area (Å²) in [5, 5.41) is 8.23. The molecule has 4 rings (SSSR count). The number of rotatable bonds is 9. The van der Waals surface area contributed by atoms with Gasteiger partial charge in [0.25, 0.3) is 0 Å². The number of benzene rings is 1. The molecule has 7 nitrogen and oxygen atoms in total. The van der Waals surface area contributed by atoms with Gasteiger partial charge in [0, 0.05) is 5.56 Å². The Kier molecular flexibility index (Phi) is 5.37. The van der Waals surface area contributed by atoms with Crippen molar-refractivity contribution in [2.24, 2.45) is 5.92 Å². The van der Waals surface area contributed by atoms with Crippen LogP contribution in [0, 0.1) is 5.92 Å². The molecule has 1 saturated carbocycles. The molecule has 9 heteroatoms. The van der Waals surface area contributed by atoms with E-state index in [4.69, 9.17) is 9.47 Å². The summed E-state index contributed by atoms with van der Waals surface area (Å²) in [7, 11) is -3.36. The van der Waals surface area contributed by atoms with E-state index < -0.39 is 9.84 Å². The molecule has 1 aliphatic carbocycles. The maximum atomic E-state index is 12.3. The predicted molar refractivity (Wildman–Crippen MR) is 103 cm³/mol. The standard InChI is InChI=1S/C19H22N2O5S2/c1-2-3-4-16-14-8-7-13(9-15(14)18(22)26-16)25-10-17-20-21-19(27-17)28(23,24)11-12-5-6-12/h7-9,12,16H,2-6,10-11H2,1H3. The zero-order chi connectivity index (χ0) is 19.7. The number of sulfone groups is 1. The number of fused-ring (bicyclic) bond motifs is 1. The second-order valence-electron chi connectivity index (χ2n) is 7.26. The summed E-state index contributed by atoms with van der Waals surface area (Å²) >= 11 is 1.04. The first-order valence-corrected chi connectivity index (χ1v) is 12.0. The summed E-state index contributed by atoms with van der Waals surface area (Å²) < 4.78 is 35.7. The van der Waals surface area contributed by atoms with E-state index in [9.17, 15) is 13.2 Å². The minimum absolute atomic E-state index is 0.0503. The van der Waals surface area contributed by atoms with E-state index >= 15 is 0 Å². The molecule has 0 bridgehead atoms. The molecule has 2 aliphatic rings. The fourth-order valence-electron chi connectivity index (χ4n) is 3.18. The number of nitrogens with zero attached hydrogens (tertiary/aromatic N) is 2. The molecule has 1 fully saturated rings. The highest BCUT2D eigenvalue weighted by Crippen LogP contribution is 2.36. The Morgan fingerprint density at radius 2 is 2.11 bits per heavy atom. The van der Waals surface area contributed by atoms with Crippen LogP contribution in [-0.4, -0.2) is 30.3 Å². The molecule has 2 heterocycles. The SMILES string of the molecule is CCCCC1OC(=O)c2cc(OCc3nnc(S(=O)(=O)CC4CC4)s3)ccc21. The molecule has 0 spiro atoms. The van der Waals surface area contributed by atoms with Crippen LogP contribution in [0.4, 0.5) is 0 Å². The van der Waals surface area contributed by atoms with Gasteiger partial charge in [0.15, 0.2) is 5.01 Å². The maximum absolute atomic E-state index is 12.3. The summed E-state index contributed by atoms with van der Waals surface area (Å²) in [6.07, 6.45) is 4.61. The summed E-state index contributed by atoms with van der Waals surface area (Å²) in [5.74, 6) is 0.602. The average Bonchev–Trinajstić information content (AvgIpc) is 3.23. The number of ether oxygens (including phenoxy) is 2. The van der Waals surface area contributed by atoms with Gasteiger partial charge in [-0.2, -0.15) is 0 Å². The molecular formula is C19H22N2O5S2. The molecule has 2 aromatic rings. The minimum Gasteiger partial charge on any atom is -0.486 e. The number of esters is 1. The molecule has 1 aromatic carbocycles. The van der Waals surface area contributed by atoms with E-state index in [1.54, 1.807) is 12.1 Å². The van der Waals surface area contributed by atoms with Crippen LogP contribution in [0.3, 0.4) is 0 Å². The molecule has 0 radical (unpaired) electrons. The first kappa shape index (κ1) is 19.3. The van der Waals surface area contributed by atoms with Gasteiger partial charge in [-0.15, -0.1) is 10.2 Å². The molecule has 150 valence electrons. The summed E-state index contributed by atoms with van der Waals surface area (Å²) in [6, 6.07) is 5.34. The lowest BCUT2D eigenvalue weighted by atomic mass is 10.0. The number of unbranched alkanes of at least 4 members (excludes halogenated alkanes) is 1. The third kappa shape index (κ3) is 4.20. The quantitative estimate of drug-likeness (QED) is 0.569. The van der Waals surface area contributed by atoms with Gasteiger partial charge in [0.2, 0.25) is 14.2 Å². The number of cyclic esters (lactones) is 1. The second-order valence-corrected chi connectivity index (χ2v) is 10.5. The third-order valence-corrected chi connectivity index (χ3v) is 8.12. The molecule has 1 aromatic heterocycles. The van der Waals surface area contributed by atoms with Crippen molar-refractivity contribution in [3.63, 3.8) is 0 Å². The van der Waals surface area contributed by atoms with Crippen LogP contribution in [0.1, 0.15) is 66.1 Å². The van der Waals surface area contributed by atoms with Crippen molar-refractivity contribution in [3.05, 3.63) is 34.3 Å². The number of carbonyl (C=O) groups excluding carboxylic acids is 1. The zero-order valence-electron chi connectivity index (χ0n) is 15.6. The van der Waals surface area contributed by atoms with Crippen LogP contribution in [0.15, 0.2) is 22.5 Å².